The van der Waals surface area contributed by atoms with Gasteiger partial charge in [-0.2, -0.15) is 5.10 Å². The molecule has 1 aromatic carbocycles. The lowest BCUT2D eigenvalue weighted by molar-refractivity contribution is 0.590. The number of nitrogens with one attached hydrogen (secondary N) is 1. The molecule has 0 amide bonds. The van der Waals surface area contributed by atoms with E-state index in [0.717, 1.165) is 12.1 Å². The van der Waals surface area contributed by atoms with E-state index in [1.807, 2.05) is 55.2 Å². The van der Waals surface area contributed by atoms with Gasteiger partial charge in [0.15, 0.2) is 0 Å². The Kier molecular flexibility index (Phi) is 3.95. The second-order valence-electron chi connectivity index (χ2n) is 4.56. The van der Waals surface area contributed by atoms with Gasteiger partial charge in [0, 0.05) is 17.8 Å². The van der Waals surface area contributed by atoms with Crippen LogP contribution in [-0.4, -0.2) is 16.8 Å². The van der Waals surface area contributed by atoms with Crippen molar-refractivity contribution in [1.82, 2.24) is 15.1 Å². The predicted octanol–water partition coefficient (Wildman–Crippen LogP) is 3.10. The van der Waals surface area contributed by atoms with E-state index in [9.17, 15) is 0 Å². The van der Waals surface area contributed by atoms with Gasteiger partial charge in [0.1, 0.15) is 0 Å². The predicted molar refractivity (Wildman–Crippen MR) is 74.8 cm³/mol. The van der Waals surface area contributed by atoms with Gasteiger partial charge in [-0.3, -0.25) is 0 Å². The summed E-state index contributed by atoms with van der Waals surface area (Å²) in [6.45, 7) is 6.01. The summed E-state index contributed by atoms with van der Waals surface area (Å²) in [7, 11) is 1.97. The van der Waals surface area contributed by atoms with Crippen molar-refractivity contribution in [2.24, 2.45) is 0 Å². The summed E-state index contributed by atoms with van der Waals surface area (Å²) in [6, 6.07) is 10.4. The molecule has 1 aromatic heterocycles. The molecule has 0 saturated carbocycles. The SMILES string of the molecule is C=C(C)CC(NC)c1cnn(-c2ccccc2)c1. The van der Waals surface area contributed by atoms with E-state index >= 15 is 0 Å². The van der Waals surface area contributed by atoms with Crippen molar-refractivity contribution in [3.8, 4) is 5.69 Å². The zero-order chi connectivity index (χ0) is 13.0. The molecule has 1 N–H and O–H groups in total. The van der Waals surface area contributed by atoms with Gasteiger partial charge in [0.05, 0.1) is 11.9 Å². The van der Waals surface area contributed by atoms with Crippen LogP contribution in [0, 0.1) is 0 Å². The Labute approximate surface area is 108 Å². The summed E-state index contributed by atoms with van der Waals surface area (Å²) >= 11 is 0. The van der Waals surface area contributed by atoms with E-state index in [-0.39, 0.29) is 6.04 Å². The number of aromatic nitrogens is 2. The first-order chi connectivity index (χ1) is 8.70. The first kappa shape index (κ1) is 12.6. The molecule has 18 heavy (non-hydrogen) atoms. The minimum absolute atomic E-state index is 0.278. The van der Waals surface area contributed by atoms with Crippen LogP contribution in [0.15, 0.2) is 54.9 Å². The lowest BCUT2D eigenvalue weighted by atomic mass is 10.0. The normalized spacial score (nSPS) is 12.3. The lowest BCUT2D eigenvalue weighted by Crippen LogP contribution is -2.15. The van der Waals surface area contributed by atoms with Gasteiger partial charge in [-0.1, -0.05) is 23.8 Å². The van der Waals surface area contributed by atoms with Crippen LogP contribution in [0.4, 0.5) is 0 Å². The van der Waals surface area contributed by atoms with Crippen LogP contribution >= 0.6 is 0 Å². The van der Waals surface area contributed by atoms with Crippen molar-refractivity contribution in [2.45, 2.75) is 19.4 Å². The summed E-state index contributed by atoms with van der Waals surface area (Å²) in [5.41, 5.74) is 3.43. The molecule has 1 atom stereocenters. The molecule has 0 spiro atoms. The van der Waals surface area contributed by atoms with Crippen molar-refractivity contribution in [1.29, 1.82) is 0 Å². The number of hydrogen-bond acceptors (Lipinski definition) is 2. The Morgan fingerprint density at radius 3 is 2.72 bits per heavy atom. The topological polar surface area (TPSA) is 29.9 Å². The van der Waals surface area contributed by atoms with Gasteiger partial charge in [0.2, 0.25) is 0 Å². The van der Waals surface area contributed by atoms with Crippen molar-refractivity contribution >= 4 is 0 Å². The lowest BCUT2D eigenvalue weighted by Gasteiger charge is -2.13. The van der Waals surface area contributed by atoms with E-state index in [0.29, 0.717) is 0 Å². The molecule has 1 unspecified atom stereocenters. The highest BCUT2D eigenvalue weighted by molar-refractivity contribution is 5.31. The summed E-state index contributed by atoms with van der Waals surface area (Å²) in [6.07, 6.45) is 4.91. The second kappa shape index (κ2) is 5.65. The van der Waals surface area contributed by atoms with Gasteiger partial charge in [-0.05, 0) is 32.5 Å². The van der Waals surface area contributed by atoms with Crippen LogP contribution in [0.1, 0.15) is 24.9 Å². The molecular weight excluding hydrogens is 222 g/mol. The summed E-state index contributed by atoms with van der Waals surface area (Å²) in [5.74, 6) is 0. The molecule has 0 aliphatic heterocycles. The molecule has 2 rings (SSSR count). The standard InChI is InChI=1S/C15H19N3/c1-12(2)9-15(16-3)13-10-17-18(11-13)14-7-5-4-6-8-14/h4-8,10-11,15-16H,1,9H2,2-3H3. The van der Waals surface area contributed by atoms with Gasteiger partial charge in [0.25, 0.3) is 0 Å². The first-order valence-electron chi connectivity index (χ1n) is 6.12. The summed E-state index contributed by atoms with van der Waals surface area (Å²) < 4.78 is 1.90. The molecule has 3 nitrogen and oxygen atoms in total. The van der Waals surface area contributed by atoms with Crippen LogP contribution in [0.3, 0.4) is 0 Å². The number of benzene rings is 1. The number of para-hydroxylation sites is 1. The van der Waals surface area contributed by atoms with Crippen molar-refractivity contribution < 1.29 is 0 Å². The fraction of sp³-hybridized carbons (Fsp3) is 0.267. The average molecular weight is 241 g/mol. The summed E-state index contributed by atoms with van der Waals surface area (Å²) in [5, 5.41) is 7.71. The van der Waals surface area contributed by atoms with E-state index in [1.165, 1.54) is 11.1 Å². The van der Waals surface area contributed by atoms with E-state index in [1.54, 1.807) is 0 Å². The maximum atomic E-state index is 4.41. The third kappa shape index (κ3) is 2.87. The van der Waals surface area contributed by atoms with Crippen LogP contribution in [0.5, 0.6) is 0 Å². The molecule has 0 aliphatic rings. The molecule has 3 heteroatoms. The first-order valence-corrected chi connectivity index (χ1v) is 6.12. The smallest absolute Gasteiger partial charge is 0.0645 e. The molecule has 94 valence electrons. The molecule has 0 saturated heterocycles. The van der Waals surface area contributed by atoms with E-state index < -0.39 is 0 Å². The molecule has 1 heterocycles. The maximum absolute atomic E-state index is 4.41. The zero-order valence-electron chi connectivity index (χ0n) is 10.9. The molecule has 2 aromatic rings. The minimum Gasteiger partial charge on any atom is -0.313 e. The maximum Gasteiger partial charge on any atom is 0.0645 e. The Hall–Kier alpha value is -1.87. The fourth-order valence-electron chi connectivity index (χ4n) is 1.97. The van der Waals surface area contributed by atoms with Crippen LogP contribution in [-0.2, 0) is 0 Å². The Morgan fingerprint density at radius 1 is 1.39 bits per heavy atom. The van der Waals surface area contributed by atoms with Gasteiger partial charge >= 0.3 is 0 Å². The number of hydrogen-bond donors (Lipinski definition) is 1. The Morgan fingerprint density at radius 2 is 2.11 bits per heavy atom. The van der Waals surface area contributed by atoms with Crippen LogP contribution in [0.2, 0.25) is 0 Å². The van der Waals surface area contributed by atoms with Gasteiger partial charge in [-0.15, -0.1) is 6.58 Å². The van der Waals surface area contributed by atoms with E-state index in [2.05, 4.69) is 23.2 Å². The zero-order valence-corrected chi connectivity index (χ0v) is 10.9. The van der Waals surface area contributed by atoms with Gasteiger partial charge < -0.3 is 5.32 Å². The monoisotopic (exact) mass is 241 g/mol. The highest BCUT2D eigenvalue weighted by atomic mass is 15.3. The second-order valence-corrected chi connectivity index (χ2v) is 4.56. The fourth-order valence-corrected chi connectivity index (χ4v) is 1.97. The van der Waals surface area contributed by atoms with Crippen LogP contribution in [0.25, 0.3) is 5.69 Å². The van der Waals surface area contributed by atoms with Crippen molar-refractivity contribution in [2.75, 3.05) is 7.05 Å². The average Bonchev–Trinajstić information content (AvgIpc) is 2.86. The van der Waals surface area contributed by atoms with Crippen LogP contribution < -0.4 is 5.32 Å². The third-order valence-corrected chi connectivity index (χ3v) is 2.93. The number of rotatable bonds is 5. The van der Waals surface area contributed by atoms with Crippen molar-refractivity contribution in [3.05, 3.63) is 60.4 Å². The quantitative estimate of drug-likeness (QED) is 0.815. The largest absolute Gasteiger partial charge is 0.313 e. The highest BCUT2D eigenvalue weighted by Crippen LogP contribution is 2.20. The molecular formula is C15H19N3. The molecule has 0 aliphatic carbocycles. The molecule has 0 fully saturated rings. The summed E-state index contributed by atoms with van der Waals surface area (Å²) in [4.78, 5) is 0. The minimum atomic E-state index is 0.278. The van der Waals surface area contributed by atoms with Crippen molar-refractivity contribution in [3.63, 3.8) is 0 Å². The van der Waals surface area contributed by atoms with Gasteiger partial charge in [-0.25, -0.2) is 4.68 Å². The highest BCUT2D eigenvalue weighted by Gasteiger charge is 2.11. The Bertz CT molecular complexity index is 514. The van der Waals surface area contributed by atoms with E-state index in [4.69, 9.17) is 0 Å². The molecule has 0 radical (unpaired) electrons. The third-order valence-electron chi connectivity index (χ3n) is 2.93. The number of nitrogens with zero attached hydrogens (tertiary/aromatic N) is 2. The molecule has 0 bridgehead atoms. The Balaban J connectivity index is 2.22.